The molecule has 0 aromatic heterocycles. The van der Waals surface area contributed by atoms with Crippen LogP contribution in [-0.4, -0.2) is 0 Å². The van der Waals surface area contributed by atoms with Crippen molar-refractivity contribution in [2.24, 2.45) is 0 Å². The molecule has 0 aliphatic carbocycles. The van der Waals surface area contributed by atoms with E-state index in [0.717, 1.165) is 34.1 Å². The van der Waals surface area contributed by atoms with E-state index in [4.69, 9.17) is 9.47 Å². The molecule has 0 atom stereocenters. The molecule has 2 heteroatoms. The van der Waals surface area contributed by atoms with Crippen LogP contribution in [0.1, 0.15) is 11.1 Å². The third-order valence-electron chi connectivity index (χ3n) is 4.13. The number of rotatable bonds is 4. The average molecular weight is 368 g/mol. The van der Waals surface area contributed by atoms with Crippen LogP contribution in [0.4, 0.5) is 0 Å². The maximum absolute atomic E-state index is 5.71. The smallest absolute Gasteiger partial charge is 0.130 e. The lowest BCUT2D eigenvalue weighted by Crippen LogP contribution is -1.85. The fourth-order valence-corrected chi connectivity index (χ4v) is 2.57. The summed E-state index contributed by atoms with van der Waals surface area (Å²) in [6.07, 6.45) is 0. The molecule has 0 aliphatic rings. The molecule has 0 spiro atoms. The summed E-state index contributed by atoms with van der Waals surface area (Å²) < 4.78 is 11.4. The van der Waals surface area contributed by atoms with Gasteiger partial charge in [0.05, 0.1) is 0 Å². The zero-order valence-electron chi connectivity index (χ0n) is 16.2. The predicted molar refractivity (Wildman–Crippen MR) is 115 cm³/mol. The van der Waals surface area contributed by atoms with E-state index in [1.54, 1.807) is 0 Å². The minimum atomic E-state index is 0.877. The summed E-state index contributed by atoms with van der Waals surface area (Å²) >= 11 is 0. The van der Waals surface area contributed by atoms with Crippen molar-refractivity contribution in [2.75, 3.05) is 0 Å². The van der Waals surface area contributed by atoms with Crippen LogP contribution in [0.5, 0.6) is 23.0 Å². The lowest BCUT2D eigenvalue weighted by Gasteiger charge is -2.07. The number of aryl methyl sites for hydroxylation is 2. The molecule has 0 heterocycles. The van der Waals surface area contributed by atoms with Gasteiger partial charge in [-0.25, -0.2) is 0 Å². The molecule has 28 heavy (non-hydrogen) atoms. The van der Waals surface area contributed by atoms with E-state index in [-0.39, 0.29) is 0 Å². The molecule has 4 aromatic carbocycles. The Bertz CT molecular complexity index is 896. The van der Waals surface area contributed by atoms with Gasteiger partial charge in [0.25, 0.3) is 0 Å². The first-order valence-electron chi connectivity index (χ1n) is 9.29. The summed E-state index contributed by atoms with van der Waals surface area (Å²) in [5.41, 5.74) is 2.30. The van der Waals surface area contributed by atoms with E-state index in [2.05, 4.69) is 0 Å². The van der Waals surface area contributed by atoms with Gasteiger partial charge in [-0.05, 0) is 61.4 Å². The van der Waals surface area contributed by atoms with Crippen molar-refractivity contribution in [1.82, 2.24) is 0 Å². The van der Waals surface area contributed by atoms with Crippen LogP contribution in [0, 0.1) is 13.8 Å². The summed E-state index contributed by atoms with van der Waals surface area (Å²) in [5.74, 6) is 3.58. The van der Waals surface area contributed by atoms with Crippen LogP contribution in [0.15, 0.2) is 109 Å². The first kappa shape index (κ1) is 19.2. The summed E-state index contributed by atoms with van der Waals surface area (Å²) in [6.45, 7) is 4.08. The SMILES string of the molecule is Cc1ccccc1Oc1ccccc1.Cc1ccccc1Oc1ccccc1. The zero-order chi connectivity index (χ0) is 19.6. The predicted octanol–water partition coefficient (Wildman–Crippen LogP) is 7.57. The van der Waals surface area contributed by atoms with Crippen molar-refractivity contribution < 1.29 is 9.47 Å². The number of hydrogen-bond donors (Lipinski definition) is 0. The van der Waals surface area contributed by atoms with E-state index in [1.165, 1.54) is 0 Å². The van der Waals surface area contributed by atoms with Gasteiger partial charge in [0.2, 0.25) is 0 Å². The summed E-state index contributed by atoms with van der Waals surface area (Å²) in [5, 5.41) is 0. The molecule has 2 nitrogen and oxygen atoms in total. The molecule has 0 saturated heterocycles. The molecule has 0 fully saturated rings. The standard InChI is InChI=1S/2C13H12O/c2*1-11-7-5-6-10-13(11)14-12-8-3-2-4-9-12/h2*2-10H,1H3. The van der Waals surface area contributed by atoms with E-state index in [9.17, 15) is 0 Å². The molecule has 0 aliphatic heterocycles. The normalized spacial score (nSPS) is 9.79. The third kappa shape index (κ3) is 5.75. The van der Waals surface area contributed by atoms with Gasteiger partial charge in [-0.15, -0.1) is 0 Å². The highest BCUT2D eigenvalue weighted by Gasteiger charge is 1.99. The number of ether oxygens (including phenoxy) is 2. The molecule has 0 unspecified atom stereocenters. The molecule has 4 aromatic rings. The topological polar surface area (TPSA) is 18.5 Å². The first-order chi connectivity index (χ1) is 13.7. The molecular weight excluding hydrogens is 344 g/mol. The Morgan fingerprint density at radius 3 is 1.07 bits per heavy atom. The van der Waals surface area contributed by atoms with Gasteiger partial charge in [0.1, 0.15) is 23.0 Å². The number of para-hydroxylation sites is 4. The van der Waals surface area contributed by atoms with Gasteiger partial charge in [0, 0.05) is 0 Å². The largest absolute Gasteiger partial charge is 0.457 e. The molecular formula is C26H24O2. The van der Waals surface area contributed by atoms with Gasteiger partial charge >= 0.3 is 0 Å². The zero-order valence-corrected chi connectivity index (χ0v) is 16.2. The molecule has 0 saturated carbocycles. The van der Waals surface area contributed by atoms with Crippen LogP contribution in [0.25, 0.3) is 0 Å². The highest BCUT2D eigenvalue weighted by molar-refractivity contribution is 5.37. The van der Waals surface area contributed by atoms with Crippen molar-refractivity contribution >= 4 is 0 Å². The molecule has 0 bridgehead atoms. The summed E-state index contributed by atoms with van der Waals surface area (Å²) in [6, 6.07) is 35.6. The van der Waals surface area contributed by atoms with Crippen molar-refractivity contribution in [1.29, 1.82) is 0 Å². The first-order valence-corrected chi connectivity index (χ1v) is 9.29. The second-order valence-electron chi connectivity index (χ2n) is 6.36. The van der Waals surface area contributed by atoms with Gasteiger partial charge in [0.15, 0.2) is 0 Å². The van der Waals surface area contributed by atoms with Crippen molar-refractivity contribution in [3.63, 3.8) is 0 Å². The van der Waals surface area contributed by atoms with Gasteiger partial charge in [-0.3, -0.25) is 0 Å². The van der Waals surface area contributed by atoms with Crippen molar-refractivity contribution in [3.8, 4) is 23.0 Å². The maximum atomic E-state index is 5.71. The van der Waals surface area contributed by atoms with Gasteiger partial charge in [-0.2, -0.15) is 0 Å². The highest BCUT2D eigenvalue weighted by atomic mass is 16.5. The van der Waals surface area contributed by atoms with E-state index in [0.29, 0.717) is 0 Å². The van der Waals surface area contributed by atoms with Crippen LogP contribution in [0.2, 0.25) is 0 Å². The molecule has 0 amide bonds. The Kier molecular flexibility index (Phi) is 6.86. The highest BCUT2D eigenvalue weighted by Crippen LogP contribution is 2.24. The molecule has 4 rings (SSSR count). The average Bonchev–Trinajstić information content (AvgIpc) is 2.74. The minimum Gasteiger partial charge on any atom is -0.457 e. The molecule has 140 valence electrons. The minimum absolute atomic E-state index is 0.877. The Balaban J connectivity index is 0.000000161. The molecule has 0 N–H and O–H groups in total. The lowest BCUT2D eigenvalue weighted by atomic mass is 10.2. The Hall–Kier alpha value is -3.52. The van der Waals surface area contributed by atoms with E-state index >= 15 is 0 Å². The van der Waals surface area contributed by atoms with Crippen molar-refractivity contribution in [2.45, 2.75) is 13.8 Å². The Labute approximate surface area is 167 Å². The number of benzene rings is 4. The quantitative estimate of drug-likeness (QED) is 0.370. The second-order valence-corrected chi connectivity index (χ2v) is 6.36. The monoisotopic (exact) mass is 368 g/mol. The molecule has 0 radical (unpaired) electrons. The lowest BCUT2D eigenvalue weighted by molar-refractivity contribution is 0.478. The van der Waals surface area contributed by atoms with Crippen LogP contribution in [-0.2, 0) is 0 Å². The third-order valence-corrected chi connectivity index (χ3v) is 4.13. The maximum Gasteiger partial charge on any atom is 0.130 e. The Morgan fingerprint density at radius 1 is 0.393 bits per heavy atom. The second kappa shape index (κ2) is 9.98. The van der Waals surface area contributed by atoms with E-state index < -0.39 is 0 Å². The van der Waals surface area contributed by atoms with Crippen LogP contribution in [0.3, 0.4) is 0 Å². The van der Waals surface area contributed by atoms with Gasteiger partial charge in [-0.1, -0.05) is 72.8 Å². The number of hydrogen-bond acceptors (Lipinski definition) is 2. The van der Waals surface area contributed by atoms with Gasteiger partial charge < -0.3 is 9.47 Å². The van der Waals surface area contributed by atoms with E-state index in [1.807, 2.05) is 123 Å². The summed E-state index contributed by atoms with van der Waals surface area (Å²) in [7, 11) is 0. The van der Waals surface area contributed by atoms with Crippen molar-refractivity contribution in [3.05, 3.63) is 120 Å². The Morgan fingerprint density at radius 2 is 0.714 bits per heavy atom. The fraction of sp³-hybridized carbons (Fsp3) is 0.0769. The van der Waals surface area contributed by atoms with Crippen LogP contribution >= 0.6 is 0 Å². The fourth-order valence-electron chi connectivity index (χ4n) is 2.57. The summed E-state index contributed by atoms with van der Waals surface area (Å²) in [4.78, 5) is 0. The van der Waals surface area contributed by atoms with Crippen LogP contribution < -0.4 is 9.47 Å².